The van der Waals surface area contributed by atoms with E-state index >= 15 is 0 Å². The van der Waals surface area contributed by atoms with E-state index in [2.05, 4.69) is 63.8 Å². The van der Waals surface area contributed by atoms with Gasteiger partial charge in [0.1, 0.15) is 5.82 Å². The van der Waals surface area contributed by atoms with Gasteiger partial charge in [-0.15, -0.1) is 34.2 Å². The van der Waals surface area contributed by atoms with Crippen LogP contribution in [0.15, 0.2) is 53.7 Å². The van der Waals surface area contributed by atoms with E-state index in [1.165, 1.54) is 24.1 Å². The number of guanidine groups is 1. The second kappa shape index (κ2) is 11.3. The van der Waals surface area contributed by atoms with Crippen LogP contribution in [-0.4, -0.2) is 46.7 Å². The predicted molar refractivity (Wildman–Crippen MR) is 138 cm³/mol. The zero-order valence-corrected chi connectivity index (χ0v) is 20.6. The van der Waals surface area contributed by atoms with Crippen LogP contribution in [0.3, 0.4) is 0 Å². The molecule has 1 saturated heterocycles. The number of rotatable bonds is 7. The van der Waals surface area contributed by atoms with E-state index in [9.17, 15) is 0 Å². The van der Waals surface area contributed by atoms with Crippen LogP contribution in [0.1, 0.15) is 44.1 Å². The van der Waals surface area contributed by atoms with Gasteiger partial charge in [0.05, 0.1) is 6.04 Å². The van der Waals surface area contributed by atoms with Gasteiger partial charge in [-0.3, -0.25) is 9.39 Å². The quantitative estimate of drug-likeness (QED) is 0.275. The largest absolute Gasteiger partial charge is 0.372 e. The summed E-state index contributed by atoms with van der Waals surface area (Å²) in [5.74, 6) is 1.75. The first kappa shape index (κ1) is 23.3. The molecule has 0 aliphatic carbocycles. The third-order valence-corrected chi connectivity index (χ3v) is 5.53. The summed E-state index contributed by atoms with van der Waals surface area (Å²) in [7, 11) is 0. The molecule has 0 saturated carbocycles. The smallest absolute Gasteiger partial charge is 0.191 e. The third kappa shape index (κ3) is 5.87. The number of fused-ring (bicyclic) bond motifs is 1. The topological polar surface area (TPSA) is 69.8 Å². The molecular formula is C23H32IN7. The summed E-state index contributed by atoms with van der Waals surface area (Å²) in [6.45, 7) is 8.05. The fourth-order valence-corrected chi connectivity index (χ4v) is 3.90. The zero-order chi connectivity index (χ0) is 20.8. The van der Waals surface area contributed by atoms with Crippen molar-refractivity contribution in [1.29, 1.82) is 0 Å². The van der Waals surface area contributed by atoms with E-state index in [0.29, 0.717) is 6.54 Å². The maximum Gasteiger partial charge on any atom is 0.191 e. The summed E-state index contributed by atoms with van der Waals surface area (Å²) in [6.07, 6.45) is 5.31. The Kier molecular flexibility index (Phi) is 8.51. The summed E-state index contributed by atoms with van der Waals surface area (Å²) >= 11 is 0. The minimum atomic E-state index is 0. The van der Waals surface area contributed by atoms with Crippen molar-refractivity contribution in [3.8, 4) is 0 Å². The number of hydrogen-bond acceptors (Lipinski definition) is 4. The van der Waals surface area contributed by atoms with E-state index in [1.54, 1.807) is 0 Å². The van der Waals surface area contributed by atoms with Crippen molar-refractivity contribution in [1.82, 2.24) is 25.2 Å². The Morgan fingerprint density at radius 2 is 1.97 bits per heavy atom. The molecule has 7 nitrogen and oxygen atoms in total. The Balaban J connectivity index is 0.00000272. The van der Waals surface area contributed by atoms with Gasteiger partial charge in [0.2, 0.25) is 0 Å². The number of benzene rings is 1. The SMILES string of the molecule is CCNC(=NCCc1nnc2ccccn12)NC(C)c1cccc(N2CCCC2)c1.I. The molecule has 1 aliphatic heterocycles. The monoisotopic (exact) mass is 533 g/mol. The summed E-state index contributed by atoms with van der Waals surface area (Å²) in [5.41, 5.74) is 3.46. The molecule has 0 bridgehead atoms. The van der Waals surface area contributed by atoms with Crippen LogP contribution >= 0.6 is 24.0 Å². The molecule has 2 N–H and O–H groups in total. The van der Waals surface area contributed by atoms with Gasteiger partial charge in [0.25, 0.3) is 0 Å². The van der Waals surface area contributed by atoms with Crippen molar-refractivity contribution in [2.24, 2.45) is 4.99 Å². The highest BCUT2D eigenvalue weighted by atomic mass is 127. The first-order valence-electron chi connectivity index (χ1n) is 10.9. The maximum absolute atomic E-state index is 4.76. The van der Waals surface area contributed by atoms with Gasteiger partial charge in [0, 0.05) is 44.5 Å². The normalized spacial score (nSPS) is 15.0. The van der Waals surface area contributed by atoms with Crippen LogP contribution in [0.2, 0.25) is 0 Å². The Labute approximate surface area is 201 Å². The number of pyridine rings is 1. The van der Waals surface area contributed by atoms with E-state index in [0.717, 1.165) is 43.5 Å². The van der Waals surface area contributed by atoms with Crippen LogP contribution in [0.25, 0.3) is 5.65 Å². The first-order chi connectivity index (χ1) is 14.7. The highest BCUT2D eigenvalue weighted by Gasteiger charge is 2.14. The molecule has 0 spiro atoms. The second-order valence-electron chi connectivity index (χ2n) is 7.71. The molecule has 1 unspecified atom stereocenters. The minimum Gasteiger partial charge on any atom is -0.372 e. The number of anilines is 1. The number of nitrogens with zero attached hydrogens (tertiary/aromatic N) is 5. The van der Waals surface area contributed by atoms with Crippen molar-refractivity contribution >= 4 is 41.3 Å². The van der Waals surface area contributed by atoms with E-state index in [4.69, 9.17) is 4.99 Å². The molecule has 2 aromatic heterocycles. The summed E-state index contributed by atoms with van der Waals surface area (Å²) < 4.78 is 2.02. The molecule has 0 radical (unpaired) electrons. The lowest BCUT2D eigenvalue weighted by atomic mass is 10.1. The Hall–Kier alpha value is -2.36. The first-order valence-corrected chi connectivity index (χ1v) is 10.9. The van der Waals surface area contributed by atoms with Gasteiger partial charge in [-0.1, -0.05) is 18.2 Å². The average Bonchev–Trinajstić information content (AvgIpc) is 3.45. The lowest BCUT2D eigenvalue weighted by Crippen LogP contribution is -2.39. The number of nitrogens with one attached hydrogen (secondary N) is 2. The zero-order valence-electron chi connectivity index (χ0n) is 18.3. The number of aromatic nitrogens is 3. The van der Waals surface area contributed by atoms with E-state index in [1.807, 2.05) is 28.8 Å². The molecule has 1 atom stereocenters. The van der Waals surface area contributed by atoms with Gasteiger partial charge in [-0.25, -0.2) is 0 Å². The van der Waals surface area contributed by atoms with Crippen molar-refractivity contribution < 1.29 is 0 Å². The molecule has 3 aromatic rings. The Morgan fingerprint density at radius 1 is 1.13 bits per heavy atom. The predicted octanol–water partition coefficient (Wildman–Crippen LogP) is 3.81. The standard InChI is InChI=1S/C23H31N7.HI/c1-3-24-23(25-13-12-22-28-27-21-11-4-5-16-30(21)22)26-18(2)19-9-8-10-20(17-19)29-14-6-7-15-29;/h4-5,8-11,16-18H,3,6-7,12-15H2,1-2H3,(H2,24,25,26);1H. The fraction of sp³-hybridized carbons (Fsp3) is 0.435. The molecule has 31 heavy (non-hydrogen) atoms. The van der Waals surface area contributed by atoms with Crippen LogP contribution in [0, 0.1) is 0 Å². The highest BCUT2D eigenvalue weighted by Crippen LogP contribution is 2.23. The second-order valence-corrected chi connectivity index (χ2v) is 7.71. The molecule has 8 heteroatoms. The Morgan fingerprint density at radius 3 is 2.77 bits per heavy atom. The van der Waals surface area contributed by atoms with Gasteiger partial charge < -0.3 is 15.5 Å². The van der Waals surface area contributed by atoms with Gasteiger partial charge in [-0.05, 0) is 56.5 Å². The molecule has 0 amide bonds. The van der Waals surface area contributed by atoms with Crippen molar-refractivity contribution in [3.05, 3.63) is 60.0 Å². The van der Waals surface area contributed by atoms with Crippen LogP contribution in [-0.2, 0) is 6.42 Å². The molecule has 1 aromatic carbocycles. The molecule has 4 rings (SSSR count). The lowest BCUT2D eigenvalue weighted by molar-refractivity contribution is 0.684. The summed E-state index contributed by atoms with van der Waals surface area (Å²) in [5, 5.41) is 15.4. The van der Waals surface area contributed by atoms with Gasteiger partial charge >= 0.3 is 0 Å². The van der Waals surface area contributed by atoms with Gasteiger partial charge in [-0.2, -0.15) is 0 Å². The average molecular weight is 533 g/mol. The number of aliphatic imine (C=N–C) groups is 1. The maximum atomic E-state index is 4.76. The summed E-state index contributed by atoms with van der Waals surface area (Å²) in [4.78, 5) is 7.23. The molecule has 3 heterocycles. The van der Waals surface area contributed by atoms with Crippen LogP contribution in [0.4, 0.5) is 5.69 Å². The van der Waals surface area contributed by atoms with E-state index < -0.39 is 0 Å². The molecule has 166 valence electrons. The molecular weight excluding hydrogens is 501 g/mol. The third-order valence-electron chi connectivity index (χ3n) is 5.53. The van der Waals surface area contributed by atoms with Gasteiger partial charge in [0.15, 0.2) is 11.6 Å². The van der Waals surface area contributed by atoms with Crippen molar-refractivity contribution in [2.75, 3.05) is 31.1 Å². The fourth-order valence-electron chi connectivity index (χ4n) is 3.90. The minimum absolute atomic E-state index is 0. The van der Waals surface area contributed by atoms with Crippen molar-refractivity contribution in [2.45, 2.75) is 39.2 Å². The van der Waals surface area contributed by atoms with Crippen molar-refractivity contribution in [3.63, 3.8) is 0 Å². The highest BCUT2D eigenvalue weighted by molar-refractivity contribution is 14.0. The molecule has 1 aliphatic rings. The Bertz CT molecular complexity index is 994. The molecule has 1 fully saturated rings. The summed E-state index contributed by atoms with van der Waals surface area (Å²) in [6, 6.07) is 14.9. The van der Waals surface area contributed by atoms with Crippen LogP contribution < -0.4 is 15.5 Å². The van der Waals surface area contributed by atoms with E-state index in [-0.39, 0.29) is 30.0 Å². The lowest BCUT2D eigenvalue weighted by Gasteiger charge is -2.22. The number of halogens is 1. The number of hydrogen-bond donors (Lipinski definition) is 2. The van der Waals surface area contributed by atoms with Crippen LogP contribution in [0.5, 0.6) is 0 Å².